The van der Waals surface area contributed by atoms with Gasteiger partial charge in [0.2, 0.25) is 0 Å². The summed E-state index contributed by atoms with van der Waals surface area (Å²) < 4.78 is 0. The second kappa shape index (κ2) is 11.5. The highest BCUT2D eigenvalue weighted by Crippen LogP contribution is 2.40. The van der Waals surface area contributed by atoms with Gasteiger partial charge in [-0.1, -0.05) is 145 Å². The molecule has 46 heavy (non-hydrogen) atoms. The van der Waals surface area contributed by atoms with Crippen LogP contribution in [0.15, 0.2) is 152 Å². The molecule has 218 valence electrons. The molecule has 0 saturated heterocycles. The quantitative estimate of drug-likeness (QED) is 0.187. The van der Waals surface area contributed by atoms with Crippen LogP contribution in [0.1, 0.15) is 11.1 Å². The maximum atomic E-state index is 5.26. The standard InChI is InChI=1S/C43H31N3/c1-28-16-20-31(21-17-28)39-27-40(46-43(45-39)33-22-18-29(2)19-23-33)34-24-25-38-37(26-34)41-35(30-10-5-3-6-11-30)14-9-15-36(41)42(44-38)32-12-7-4-8-13-32/h3-27H,1-2H3. The molecule has 0 spiro atoms. The van der Waals surface area contributed by atoms with E-state index in [1.54, 1.807) is 0 Å². The van der Waals surface area contributed by atoms with E-state index in [0.29, 0.717) is 5.82 Å². The van der Waals surface area contributed by atoms with Crippen molar-refractivity contribution in [2.75, 3.05) is 0 Å². The molecule has 2 heterocycles. The molecule has 8 rings (SSSR count). The second-order valence-electron chi connectivity index (χ2n) is 11.8. The average Bonchev–Trinajstić information content (AvgIpc) is 3.12. The lowest BCUT2D eigenvalue weighted by molar-refractivity contribution is 1.18. The van der Waals surface area contributed by atoms with Gasteiger partial charge in [-0.05, 0) is 43.2 Å². The molecule has 0 radical (unpaired) electrons. The van der Waals surface area contributed by atoms with Gasteiger partial charge in [0.15, 0.2) is 5.82 Å². The largest absolute Gasteiger partial charge is 0.247 e. The normalized spacial score (nSPS) is 11.3. The number of nitrogens with zero attached hydrogens (tertiary/aromatic N) is 3. The Bertz CT molecular complexity index is 2280. The zero-order valence-electron chi connectivity index (χ0n) is 25.8. The molecule has 0 amide bonds. The fraction of sp³-hybridized carbons (Fsp3) is 0.0465. The topological polar surface area (TPSA) is 38.7 Å². The predicted molar refractivity (Wildman–Crippen MR) is 191 cm³/mol. The van der Waals surface area contributed by atoms with Crippen LogP contribution >= 0.6 is 0 Å². The highest BCUT2D eigenvalue weighted by molar-refractivity contribution is 6.17. The molecule has 0 bridgehead atoms. The Labute approximate surface area is 268 Å². The molecular formula is C43H31N3. The average molecular weight is 590 g/mol. The highest BCUT2D eigenvalue weighted by Gasteiger charge is 2.17. The van der Waals surface area contributed by atoms with Crippen LogP contribution in [0.4, 0.5) is 0 Å². The van der Waals surface area contributed by atoms with Gasteiger partial charge in [-0.3, -0.25) is 0 Å². The third kappa shape index (κ3) is 5.12. The molecule has 3 nitrogen and oxygen atoms in total. The van der Waals surface area contributed by atoms with Crippen molar-refractivity contribution in [2.45, 2.75) is 13.8 Å². The Morgan fingerprint density at radius 3 is 1.65 bits per heavy atom. The van der Waals surface area contributed by atoms with Crippen LogP contribution in [-0.2, 0) is 0 Å². The SMILES string of the molecule is Cc1ccc(-c2cc(-c3ccc4nc(-c5ccccc5)c5cccc(-c6ccccc6)c5c4c3)nc(-c3ccc(C)cc3)n2)cc1. The van der Waals surface area contributed by atoms with Crippen LogP contribution in [0.5, 0.6) is 0 Å². The first-order chi connectivity index (χ1) is 22.6. The summed E-state index contributed by atoms with van der Waals surface area (Å²) in [7, 11) is 0. The molecule has 0 atom stereocenters. The summed E-state index contributed by atoms with van der Waals surface area (Å²) in [5, 5.41) is 3.41. The molecule has 0 aliphatic carbocycles. The number of rotatable bonds is 5. The number of aromatic nitrogens is 3. The minimum absolute atomic E-state index is 0.709. The molecule has 8 aromatic rings. The predicted octanol–water partition coefficient (Wildman–Crippen LogP) is 11.1. The van der Waals surface area contributed by atoms with Gasteiger partial charge >= 0.3 is 0 Å². The molecule has 3 heteroatoms. The van der Waals surface area contributed by atoms with Crippen molar-refractivity contribution < 1.29 is 0 Å². The molecule has 0 aliphatic rings. The summed E-state index contributed by atoms with van der Waals surface area (Å²) >= 11 is 0. The van der Waals surface area contributed by atoms with Crippen molar-refractivity contribution in [3.05, 3.63) is 163 Å². The van der Waals surface area contributed by atoms with Crippen molar-refractivity contribution in [3.63, 3.8) is 0 Å². The van der Waals surface area contributed by atoms with E-state index in [1.807, 2.05) is 6.07 Å². The van der Waals surface area contributed by atoms with Gasteiger partial charge in [0.1, 0.15) is 0 Å². The first-order valence-corrected chi connectivity index (χ1v) is 15.6. The van der Waals surface area contributed by atoms with E-state index in [-0.39, 0.29) is 0 Å². The number of hydrogen-bond donors (Lipinski definition) is 0. The van der Waals surface area contributed by atoms with Gasteiger partial charge in [-0.25, -0.2) is 15.0 Å². The Balaban J connectivity index is 1.40. The van der Waals surface area contributed by atoms with Gasteiger partial charge in [0, 0.05) is 38.4 Å². The third-order valence-electron chi connectivity index (χ3n) is 8.63. The summed E-state index contributed by atoms with van der Waals surface area (Å²) in [6.45, 7) is 4.20. The Kier molecular flexibility index (Phi) is 6.92. The molecule has 2 aromatic heterocycles. The van der Waals surface area contributed by atoms with Crippen molar-refractivity contribution in [2.24, 2.45) is 0 Å². The molecule has 6 aromatic carbocycles. The second-order valence-corrected chi connectivity index (χ2v) is 11.8. The smallest absolute Gasteiger partial charge is 0.160 e. The fourth-order valence-corrected chi connectivity index (χ4v) is 6.19. The van der Waals surface area contributed by atoms with Crippen molar-refractivity contribution in [1.29, 1.82) is 0 Å². The van der Waals surface area contributed by atoms with Crippen LogP contribution < -0.4 is 0 Å². The molecule has 0 aliphatic heterocycles. The summed E-state index contributed by atoms with van der Waals surface area (Å²) in [4.78, 5) is 15.5. The van der Waals surface area contributed by atoms with Crippen LogP contribution in [0, 0.1) is 13.8 Å². The maximum Gasteiger partial charge on any atom is 0.160 e. The van der Waals surface area contributed by atoms with Crippen molar-refractivity contribution >= 4 is 21.7 Å². The van der Waals surface area contributed by atoms with Gasteiger partial charge < -0.3 is 0 Å². The summed E-state index contributed by atoms with van der Waals surface area (Å²) in [5.41, 5.74) is 12.7. The lowest BCUT2D eigenvalue weighted by atomic mass is 9.92. The van der Waals surface area contributed by atoms with Gasteiger partial charge in [0.05, 0.1) is 22.6 Å². The van der Waals surface area contributed by atoms with Crippen LogP contribution in [0.25, 0.3) is 78.0 Å². The van der Waals surface area contributed by atoms with Crippen LogP contribution in [-0.4, -0.2) is 15.0 Å². The fourth-order valence-electron chi connectivity index (χ4n) is 6.19. The molecule has 0 N–H and O–H groups in total. The van der Waals surface area contributed by atoms with E-state index in [9.17, 15) is 0 Å². The third-order valence-corrected chi connectivity index (χ3v) is 8.63. The first-order valence-electron chi connectivity index (χ1n) is 15.6. The maximum absolute atomic E-state index is 5.26. The van der Waals surface area contributed by atoms with Crippen molar-refractivity contribution in [1.82, 2.24) is 15.0 Å². The Morgan fingerprint density at radius 2 is 0.978 bits per heavy atom. The molecular weight excluding hydrogens is 558 g/mol. The Morgan fingerprint density at radius 1 is 0.391 bits per heavy atom. The first kappa shape index (κ1) is 27.6. The summed E-state index contributed by atoms with van der Waals surface area (Å²) in [6.07, 6.45) is 0. The Hall–Kier alpha value is -5.93. The number of hydrogen-bond acceptors (Lipinski definition) is 3. The van der Waals surface area contributed by atoms with E-state index in [0.717, 1.165) is 55.6 Å². The minimum Gasteiger partial charge on any atom is -0.247 e. The number of fused-ring (bicyclic) bond motifs is 3. The zero-order chi connectivity index (χ0) is 31.0. The number of aryl methyl sites for hydroxylation is 2. The van der Waals surface area contributed by atoms with E-state index < -0.39 is 0 Å². The number of benzene rings is 6. The van der Waals surface area contributed by atoms with Crippen molar-refractivity contribution in [3.8, 4) is 56.3 Å². The summed E-state index contributed by atoms with van der Waals surface area (Å²) in [6, 6.07) is 53.2. The lowest BCUT2D eigenvalue weighted by Gasteiger charge is -2.15. The molecule has 0 saturated carbocycles. The van der Waals surface area contributed by atoms with Gasteiger partial charge in [-0.2, -0.15) is 0 Å². The van der Waals surface area contributed by atoms with E-state index >= 15 is 0 Å². The number of pyridine rings is 1. The van der Waals surface area contributed by atoms with Crippen LogP contribution in [0.3, 0.4) is 0 Å². The minimum atomic E-state index is 0.709. The highest BCUT2D eigenvalue weighted by atomic mass is 14.9. The van der Waals surface area contributed by atoms with Gasteiger partial charge in [-0.15, -0.1) is 0 Å². The van der Waals surface area contributed by atoms with E-state index in [1.165, 1.54) is 27.6 Å². The zero-order valence-corrected chi connectivity index (χ0v) is 25.8. The summed E-state index contributed by atoms with van der Waals surface area (Å²) in [5.74, 6) is 0.709. The van der Waals surface area contributed by atoms with E-state index in [4.69, 9.17) is 15.0 Å². The van der Waals surface area contributed by atoms with E-state index in [2.05, 4.69) is 159 Å². The molecule has 0 unspecified atom stereocenters. The molecule has 0 fully saturated rings. The monoisotopic (exact) mass is 589 g/mol. The lowest BCUT2D eigenvalue weighted by Crippen LogP contribution is -1.97. The van der Waals surface area contributed by atoms with Gasteiger partial charge in [0.25, 0.3) is 0 Å². The van der Waals surface area contributed by atoms with Crippen LogP contribution in [0.2, 0.25) is 0 Å².